The Kier molecular flexibility index (Phi) is 5.21. The number of nitrogens with zero attached hydrogens (tertiary/aromatic N) is 1. The molecule has 0 atom stereocenters. The molecule has 1 aliphatic carbocycles. The fourth-order valence-corrected chi connectivity index (χ4v) is 5.49. The largest absolute Gasteiger partial charge is 0.497 e. The van der Waals surface area contributed by atoms with Crippen LogP contribution in [0.3, 0.4) is 0 Å². The molecule has 5 heteroatoms. The average molecular weight is 498 g/mol. The number of halogens is 2. The lowest BCUT2D eigenvalue weighted by molar-refractivity contribution is 0.103. The van der Waals surface area contributed by atoms with E-state index in [4.69, 9.17) is 27.9 Å². The number of Topliss-reactive ketones (excluding diaryl/α,β-unsaturated/α-hetero) is 1. The van der Waals surface area contributed by atoms with E-state index in [0.29, 0.717) is 22.0 Å². The summed E-state index contributed by atoms with van der Waals surface area (Å²) in [5.74, 6) is 0.817. The molecule has 0 saturated heterocycles. The van der Waals surface area contributed by atoms with Gasteiger partial charge in [-0.1, -0.05) is 41.4 Å². The Morgan fingerprint density at radius 3 is 2.20 bits per heavy atom. The number of allylic oxidation sites excluding steroid dienone is 1. The van der Waals surface area contributed by atoms with Gasteiger partial charge in [0.15, 0.2) is 5.78 Å². The second kappa shape index (κ2) is 8.30. The van der Waals surface area contributed by atoms with Gasteiger partial charge in [-0.05, 0) is 82.9 Å². The first-order valence-corrected chi connectivity index (χ1v) is 12.1. The molecule has 0 aliphatic heterocycles. The Bertz CT molecular complexity index is 1680. The summed E-state index contributed by atoms with van der Waals surface area (Å²) >= 11 is 12.3. The maximum atomic E-state index is 13.8. The third-order valence-electron chi connectivity index (χ3n) is 6.92. The van der Waals surface area contributed by atoms with Gasteiger partial charge in [-0.3, -0.25) is 4.79 Å². The number of aromatic nitrogens is 1. The maximum absolute atomic E-state index is 13.8. The van der Waals surface area contributed by atoms with Crippen LogP contribution in [0, 0.1) is 0 Å². The molecule has 0 amide bonds. The van der Waals surface area contributed by atoms with Gasteiger partial charge in [0.1, 0.15) is 5.75 Å². The topological polar surface area (TPSA) is 31.2 Å². The number of ether oxygens (including phenoxy) is 1. The first-order chi connectivity index (χ1) is 17.0. The van der Waals surface area contributed by atoms with Crippen molar-refractivity contribution in [3.8, 4) is 5.75 Å². The number of aryl methyl sites for hydroxylation is 1. The van der Waals surface area contributed by atoms with Crippen LogP contribution in [0.5, 0.6) is 5.75 Å². The number of benzene rings is 4. The van der Waals surface area contributed by atoms with Crippen LogP contribution in [0.15, 0.2) is 84.4 Å². The minimum absolute atomic E-state index is 0.00813. The van der Waals surface area contributed by atoms with Crippen LogP contribution in [0.25, 0.3) is 27.4 Å². The monoisotopic (exact) mass is 497 g/mol. The van der Waals surface area contributed by atoms with Crippen molar-refractivity contribution in [3.63, 3.8) is 0 Å². The van der Waals surface area contributed by atoms with Gasteiger partial charge >= 0.3 is 0 Å². The van der Waals surface area contributed by atoms with Crippen molar-refractivity contribution in [2.45, 2.75) is 6.42 Å². The molecule has 0 radical (unpaired) electrons. The fourth-order valence-electron chi connectivity index (χ4n) is 5.24. The molecule has 0 bridgehead atoms. The third-order valence-corrected chi connectivity index (χ3v) is 7.43. The summed E-state index contributed by atoms with van der Waals surface area (Å²) in [5.41, 5.74) is 7.82. The summed E-state index contributed by atoms with van der Waals surface area (Å²) in [5, 5.41) is 3.54. The summed E-state index contributed by atoms with van der Waals surface area (Å²) in [4.78, 5) is 13.8. The lowest BCUT2D eigenvalue weighted by Gasteiger charge is -2.10. The highest BCUT2D eigenvalue weighted by Gasteiger charge is 2.30. The number of carbonyl (C=O) groups excluding carboxylic acids is 1. The first-order valence-electron chi connectivity index (χ1n) is 11.3. The van der Waals surface area contributed by atoms with Gasteiger partial charge in [0, 0.05) is 56.5 Å². The summed E-state index contributed by atoms with van der Waals surface area (Å²) in [6.45, 7) is 0. The molecule has 35 heavy (non-hydrogen) atoms. The van der Waals surface area contributed by atoms with E-state index in [-0.39, 0.29) is 5.78 Å². The molecule has 0 fully saturated rings. The molecule has 0 saturated carbocycles. The van der Waals surface area contributed by atoms with Crippen LogP contribution in [0.2, 0.25) is 10.0 Å². The van der Waals surface area contributed by atoms with E-state index in [1.807, 2.05) is 30.3 Å². The molecule has 5 aromatic rings. The Hall–Kier alpha value is -3.53. The number of fused-ring (bicyclic) bond motifs is 5. The number of carbonyl (C=O) groups is 1. The van der Waals surface area contributed by atoms with Crippen LogP contribution in [0.4, 0.5) is 0 Å². The zero-order chi connectivity index (χ0) is 24.3. The highest BCUT2D eigenvalue weighted by molar-refractivity contribution is 6.31. The van der Waals surface area contributed by atoms with Gasteiger partial charge in [0.05, 0.1) is 7.11 Å². The third kappa shape index (κ3) is 3.46. The van der Waals surface area contributed by atoms with Crippen molar-refractivity contribution in [2.24, 2.45) is 7.05 Å². The number of methoxy groups -OCH3 is 1. The summed E-state index contributed by atoms with van der Waals surface area (Å²) < 4.78 is 7.73. The van der Waals surface area contributed by atoms with Crippen molar-refractivity contribution in [2.75, 3.05) is 7.11 Å². The molecule has 1 heterocycles. The molecule has 172 valence electrons. The summed E-state index contributed by atoms with van der Waals surface area (Å²) in [7, 11) is 3.76. The predicted octanol–water partition coefficient (Wildman–Crippen LogP) is 7.89. The smallest absolute Gasteiger partial charge is 0.189 e. The lowest BCUT2D eigenvalue weighted by Crippen LogP contribution is -2.05. The van der Waals surface area contributed by atoms with Gasteiger partial charge < -0.3 is 9.30 Å². The highest BCUT2D eigenvalue weighted by Crippen LogP contribution is 2.45. The molecular formula is C30H21Cl2NO2. The molecule has 0 unspecified atom stereocenters. The first kappa shape index (κ1) is 22.0. The van der Waals surface area contributed by atoms with Crippen LogP contribution in [-0.2, 0) is 13.5 Å². The molecule has 0 spiro atoms. The predicted molar refractivity (Wildman–Crippen MR) is 144 cm³/mol. The Labute approximate surface area is 213 Å². The zero-order valence-corrected chi connectivity index (χ0v) is 20.7. The minimum atomic E-state index is 0.00813. The summed E-state index contributed by atoms with van der Waals surface area (Å²) in [6.07, 6.45) is 0.544. The molecule has 1 aromatic heterocycles. The van der Waals surface area contributed by atoms with Gasteiger partial charge in [-0.2, -0.15) is 0 Å². The molecular weight excluding hydrogens is 477 g/mol. The Balaban J connectivity index is 1.63. The van der Waals surface area contributed by atoms with E-state index in [1.54, 1.807) is 31.4 Å². The molecule has 3 nitrogen and oxygen atoms in total. The Morgan fingerprint density at radius 2 is 1.51 bits per heavy atom. The van der Waals surface area contributed by atoms with E-state index in [2.05, 4.69) is 35.9 Å². The molecule has 6 rings (SSSR count). The van der Waals surface area contributed by atoms with E-state index in [9.17, 15) is 4.79 Å². The van der Waals surface area contributed by atoms with Gasteiger partial charge in [0.2, 0.25) is 0 Å². The van der Waals surface area contributed by atoms with Gasteiger partial charge in [-0.15, -0.1) is 0 Å². The van der Waals surface area contributed by atoms with Crippen molar-refractivity contribution < 1.29 is 9.53 Å². The van der Waals surface area contributed by atoms with E-state index in [0.717, 1.165) is 55.4 Å². The van der Waals surface area contributed by atoms with Crippen LogP contribution >= 0.6 is 23.2 Å². The summed E-state index contributed by atoms with van der Waals surface area (Å²) in [6, 6.07) is 25.2. The molecule has 1 aliphatic rings. The molecule has 0 N–H and O–H groups in total. The van der Waals surface area contributed by atoms with E-state index in [1.165, 1.54) is 0 Å². The SMILES string of the molecule is COc1ccc2c(c1)c1c3c(ccc1n2C)C(c1ccc(Cl)cc1)=C(C(=O)c1ccc(Cl)cc1)C3. The van der Waals surface area contributed by atoms with Crippen LogP contribution in [0.1, 0.15) is 27.0 Å². The van der Waals surface area contributed by atoms with Gasteiger partial charge in [-0.25, -0.2) is 0 Å². The van der Waals surface area contributed by atoms with Crippen LogP contribution in [-0.4, -0.2) is 17.5 Å². The van der Waals surface area contributed by atoms with Gasteiger partial charge in [0.25, 0.3) is 0 Å². The van der Waals surface area contributed by atoms with Crippen molar-refractivity contribution in [3.05, 3.63) is 117 Å². The standard InChI is InChI=1S/C30H21Cl2NO2/c1-33-26-13-11-21(35-2)15-24(26)29-23-16-25(30(34)18-5-9-20(32)10-6-18)28(22(23)12-14-27(29)33)17-3-7-19(31)8-4-17/h3-15H,16H2,1-2H3. The lowest BCUT2D eigenvalue weighted by atomic mass is 9.94. The number of ketones is 1. The highest BCUT2D eigenvalue weighted by atomic mass is 35.5. The van der Waals surface area contributed by atoms with E-state index < -0.39 is 0 Å². The number of rotatable bonds is 4. The number of hydrogen-bond acceptors (Lipinski definition) is 2. The average Bonchev–Trinajstić information content (AvgIpc) is 3.40. The van der Waals surface area contributed by atoms with Crippen molar-refractivity contribution in [1.82, 2.24) is 4.57 Å². The quantitative estimate of drug-likeness (QED) is 0.236. The van der Waals surface area contributed by atoms with Crippen molar-refractivity contribution in [1.29, 1.82) is 0 Å². The van der Waals surface area contributed by atoms with E-state index >= 15 is 0 Å². The normalized spacial score (nSPS) is 13.0. The zero-order valence-electron chi connectivity index (χ0n) is 19.2. The number of hydrogen-bond donors (Lipinski definition) is 0. The minimum Gasteiger partial charge on any atom is -0.497 e. The second-order valence-electron chi connectivity index (χ2n) is 8.80. The second-order valence-corrected chi connectivity index (χ2v) is 9.67. The van der Waals surface area contributed by atoms with Crippen molar-refractivity contribution >= 4 is 56.4 Å². The maximum Gasteiger partial charge on any atom is 0.189 e. The van der Waals surface area contributed by atoms with Crippen LogP contribution < -0.4 is 4.74 Å². The molecule has 4 aromatic carbocycles. The fraction of sp³-hybridized carbons (Fsp3) is 0.100. The Morgan fingerprint density at radius 1 is 0.857 bits per heavy atom.